The quantitative estimate of drug-likeness (QED) is 0.651. The van der Waals surface area contributed by atoms with Crippen LogP contribution in [0.3, 0.4) is 0 Å². The van der Waals surface area contributed by atoms with Gasteiger partial charge in [0.25, 0.3) is 5.91 Å². The highest BCUT2D eigenvalue weighted by Gasteiger charge is 2.11. The van der Waals surface area contributed by atoms with E-state index in [0.717, 1.165) is 5.69 Å². The molecular weight excluding hydrogens is 307 g/mol. The van der Waals surface area contributed by atoms with Crippen molar-refractivity contribution in [2.75, 3.05) is 12.3 Å². The fourth-order valence-corrected chi connectivity index (χ4v) is 2.48. The first-order valence-electron chi connectivity index (χ1n) is 6.41. The number of nitrogens with two attached hydrogens (primary N) is 1. The molecule has 1 aromatic carbocycles. The Hall–Kier alpha value is -2.48. The van der Waals surface area contributed by atoms with Gasteiger partial charge in [0.15, 0.2) is 18.2 Å². The molecule has 6 nitrogen and oxygen atoms in total. The lowest BCUT2D eigenvalue weighted by Gasteiger charge is -2.06. The zero-order valence-electron chi connectivity index (χ0n) is 12.1. The van der Waals surface area contributed by atoms with Gasteiger partial charge in [0.2, 0.25) is 0 Å². The van der Waals surface area contributed by atoms with E-state index in [1.54, 1.807) is 13.0 Å². The van der Waals surface area contributed by atoms with E-state index < -0.39 is 11.7 Å². The predicted molar refractivity (Wildman–Crippen MR) is 83.5 cm³/mol. The summed E-state index contributed by atoms with van der Waals surface area (Å²) in [6.07, 6.45) is 0. The summed E-state index contributed by atoms with van der Waals surface area (Å²) in [6, 6.07) is 5.86. The monoisotopic (exact) mass is 322 g/mol. The van der Waals surface area contributed by atoms with Gasteiger partial charge in [-0.25, -0.2) is 9.82 Å². The lowest BCUT2D eigenvalue weighted by molar-refractivity contribution is -0.123. The fraction of sp³-hybridized carbons (Fsp3) is 0.214. The van der Waals surface area contributed by atoms with Crippen LogP contribution in [0.1, 0.15) is 18.2 Å². The lowest BCUT2D eigenvalue weighted by atomic mass is 10.2. The summed E-state index contributed by atoms with van der Waals surface area (Å²) in [5.41, 5.74) is 10.1. The molecule has 0 spiro atoms. The van der Waals surface area contributed by atoms with Crippen LogP contribution in [-0.4, -0.2) is 22.6 Å². The third kappa shape index (κ3) is 3.79. The van der Waals surface area contributed by atoms with E-state index in [2.05, 4.69) is 14.9 Å². The van der Waals surface area contributed by atoms with Crippen LogP contribution in [0.15, 0.2) is 29.4 Å². The Labute approximate surface area is 131 Å². The number of carbonyl (C=O) groups excluding carboxylic acids is 1. The maximum Gasteiger partial charge on any atom is 0.277 e. The molecule has 1 heterocycles. The molecule has 0 aliphatic heterocycles. The number of aromatic nitrogens is 1. The van der Waals surface area contributed by atoms with Crippen molar-refractivity contribution in [3.63, 3.8) is 0 Å². The molecule has 2 aromatic rings. The summed E-state index contributed by atoms with van der Waals surface area (Å²) in [5, 5.41) is 4.49. The minimum absolute atomic E-state index is 0.0143. The number of halogens is 1. The van der Waals surface area contributed by atoms with Crippen molar-refractivity contribution in [2.24, 2.45) is 5.10 Å². The number of hydrogen-bond acceptors (Lipinski definition) is 6. The molecule has 1 aromatic heterocycles. The molecule has 2 rings (SSSR count). The van der Waals surface area contributed by atoms with E-state index in [0.29, 0.717) is 16.3 Å². The molecule has 22 heavy (non-hydrogen) atoms. The first-order valence-corrected chi connectivity index (χ1v) is 7.19. The number of carbonyl (C=O) groups is 1. The highest BCUT2D eigenvalue weighted by Crippen LogP contribution is 2.21. The zero-order valence-corrected chi connectivity index (χ0v) is 12.9. The normalized spacial score (nSPS) is 11.3. The number of hydrazone groups is 1. The van der Waals surface area contributed by atoms with Gasteiger partial charge < -0.3 is 10.5 Å². The van der Waals surface area contributed by atoms with E-state index in [4.69, 9.17) is 10.5 Å². The maximum atomic E-state index is 13.3. The number of nitrogens with zero attached hydrogens (tertiary/aromatic N) is 2. The molecule has 116 valence electrons. The van der Waals surface area contributed by atoms with Crippen LogP contribution < -0.4 is 15.9 Å². The van der Waals surface area contributed by atoms with Gasteiger partial charge in [0, 0.05) is 0 Å². The lowest BCUT2D eigenvalue weighted by Crippen LogP contribution is -2.26. The molecule has 0 saturated carbocycles. The van der Waals surface area contributed by atoms with Crippen LogP contribution in [0.25, 0.3) is 0 Å². The van der Waals surface area contributed by atoms with Crippen molar-refractivity contribution >= 4 is 28.2 Å². The number of anilines is 1. The smallest absolute Gasteiger partial charge is 0.277 e. The first kappa shape index (κ1) is 15.9. The van der Waals surface area contributed by atoms with Gasteiger partial charge in [-0.1, -0.05) is 12.1 Å². The molecule has 0 aliphatic carbocycles. The molecule has 3 N–H and O–H groups in total. The molecule has 0 saturated heterocycles. The van der Waals surface area contributed by atoms with Crippen molar-refractivity contribution in [1.29, 1.82) is 0 Å². The van der Waals surface area contributed by atoms with Crippen molar-refractivity contribution in [1.82, 2.24) is 9.80 Å². The first-order chi connectivity index (χ1) is 10.5. The molecule has 0 fully saturated rings. The van der Waals surface area contributed by atoms with Gasteiger partial charge in [-0.3, -0.25) is 4.79 Å². The minimum atomic E-state index is -0.525. The van der Waals surface area contributed by atoms with E-state index >= 15 is 0 Å². The average Bonchev–Trinajstić information content (AvgIpc) is 2.83. The van der Waals surface area contributed by atoms with Gasteiger partial charge in [-0.15, -0.1) is 0 Å². The topological polar surface area (TPSA) is 89.6 Å². The van der Waals surface area contributed by atoms with Crippen molar-refractivity contribution in [3.05, 3.63) is 41.3 Å². The van der Waals surface area contributed by atoms with E-state index in [1.165, 1.54) is 29.7 Å². The number of nitrogen functional groups attached to an aromatic ring is 1. The largest absolute Gasteiger partial charge is 0.481 e. The fourth-order valence-electron chi connectivity index (χ4n) is 1.77. The summed E-state index contributed by atoms with van der Waals surface area (Å²) in [6.45, 7) is 3.18. The average molecular weight is 322 g/mol. The highest BCUT2D eigenvalue weighted by molar-refractivity contribution is 7.10. The van der Waals surface area contributed by atoms with Gasteiger partial charge >= 0.3 is 0 Å². The third-order valence-electron chi connectivity index (χ3n) is 2.79. The number of hydrogen-bond donors (Lipinski definition) is 2. The standard InChI is InChI=1S/C14H15FN4O2S/c1-8(13-9(2)19-22-14(13)16)17-18-12(20)7-21-11-6-4-3-5-10(11)15/h3-6H,7,16H2,1-2H3,(H,18,20)/b17-8-. The molecule has 0 unspecified atom stereocenters. The predicted octanol–water partition coefficient (Wildman–Crippen LogP) is 2.09. The van der Waals surface area contributed by atoms with E-state index in [1.807, 2.05) is 6.92 Å². The van der Waals surface area contributed by atoms with Crippen molar-refractivity contribution in [2.45, 2.75) is 13.8 Å². The summed E-state index contributed by atoms with van der Waals surface area (Å²) in [7, 11) is 0. The SMILES string of the molecule is C/C(=N/NC(=O)COc1ccccc1F)c1c(C)nsc1N. The molecular formula is C14H15FN4O2S. The molecule has 0 atom stereocenters. The Balaban J connectivity index is 1.93. The number of para-hydroxylation sites is 1. The van der Waals surface area contributed by atoms with Crippen LogP contribution in [0.2, 0.25) is 0 Å². The summed E-state index contributed by atoms with van der Waals surface area (Å²) < 4.78 is 22.5. The number of aryl methyl sites for hydroxylation is 1. The van der Waals surface area contributed by atoms with Gasteiger partial charge in [-0.2, -0.15) is 9.47 Å². The summed E-state index contributed by atoms with van der Waals surface area (Å²) in [5.74, 6) is -1.01. The number of rotatable bonds is 5. The molecule has 0 bridgehead atoms. The Kier molecular flexibility index (Phi) is 5.05. The third-order valence-corrected chi connectivity index (χ3v) is 3.56. The van der Waals surface area contributed by atoms with Crippen LogP contribution >= 0.6 is 11.5 Å². The van der Waals surface area contributed by atoms with E-state index in [9.17, 15) is 9.18 Å². The van der Waals surface area contributed by atoms with Crippen LogP contribution in [0, 0.1) is 12.7 Å². The van der Waals surface area contributed by atoms with E-state index in [-0.39, 0.29) is 12.4 Å². The summed E-state index contributed by atoms with van der Waals surface area (Å²) in [4.78, 5) is 11.7. The van der Waals surface area contributed by atoms with Gasteiger partial charge in [0.1, 0.15) is 5.00 Å². The Bertz CT molecular complexity index is 695. The maximum absolute atomic E-state index is 13.3. The molecule has 0 aliphatic rings. The second-order valence-electron chi connectivity index (χ2n) is 4.46. The van der Waals surface area contributed by atoms with Crippen LogP contribution in [0.5, 0.6) is 5.75 Å². The minimum Gasteiger partial charge on any atom is -0.481 e. The Morgan fingerprint density at radius 3 is 2.86 bits per heavy atom. The van der Waals surface area contributed by atoms with Crippen molar-refractivity contribution in [3.8, 4) is 5.75 Å². The Morgan fingerprint density at radius 2 is 2.23 bits per heavy atom. The van der Waals surface area contributed by atoms with Crippen molar-refractivity contribution < 1.29 is 13.9 Å². The number of amides is 1. The molecule has 0 radical (unpaired) electrons. The second-order valence-corrected chi connectivity index (χ2v) is 5.26. The van der Waals surface area contributed by atoms with Gasteiger partial charge in [0.05, 0.1) is 17.0 Å². The number of ether oxygens (including phenoxy) is 1. The summed E-state index contributed by atoms with van der Waals surface area (Å²) >= 11 is 1.17. The molecule has 8 heteroatoms. The second kappa shape index (κ2) is 6.99. The van der Waals surface area contributed by atoms with Crippen LogP contribution in [-0.2, 0) is 4.79 Å². The molecule has 1 amide bonds. The van der Waals surface area contributed by atoms with Crippen LogP contribution in [0.4, 0.5) is 9.39 Å². The van der Waals surface area contributed by atoms with Gasteiger partial charge in [-0.05, 0) is 37.5 Å². The zero-order chi connectivity index (χ0) is 16.1. The number of benzene rings is 1. The Morgan fingerprint density at radius 1 is 1.50 bits per heavy atom. The number of nitrogens with one attached hydrogen (secondary N) is 1. The highest BCUT2D eigenvalue weighted by atomic mass is 32.1.